The molecule has 1 fully saturated rings. The van der Waals surface area contributed by atoms with Gasteiger partial charge in [0.05, 0.1) is 12.9 Å². The molecule has 3 heterocycles. The zero-order chi connectivity index (χ0) is 20.1. The Morgan fingerprint density at radius 1 is 1.32 bits per heavy atom. The lowest BCUT2D eigenvalue weighted by Gasteiger charge is -2.48. The maximum atomic E-state index is 11.2. The predicted octanol–water partition coefficient (Wildman–Crippen LogP) is 0.477. The van der Waals surface area contributed by atoms with Crippen molar-refractivity contribution in [2.75, 3.05) is 12.3 Å². The predicted molar refractivity (Wildman–Crippen MR) is 102 cm³/mol. The molecule has 0 amide bonds. The Hall–Kier alpha value is -2.33. The lowest BCUT2D eigenvalue weighted by molar-refractivity contribution is -0.201. The summed E-state index contributed by atoms with van der Waals surface area (Å²) >= 11 is 0. The number of nitrogen functional groups attached to an aromatic ring is 1. The molecule has 9 nitrogen and oxygen atoms in total. The Bertz CT molecular complexity index is 953. The summed E-state index contributed by atoms with van der Waals surface area (Å²) in [6.45, 7) is 3.47. The Morgan fingerprint density at radius 2 is 2.11 bits per heavy atom. The van der Waals surface area contributed by atoms with E-state index in [0.717, 1.165) is 18.4 Å². The zero-order valence-electron chi connectivity index (χ0n) is 15.9. The van der Waals surface area contributed by atoms with Gasteiger partial charge in [-0.25, -0.2) is 15.0 Å². The summed E-state index contributed by atoms with van der Waals surface area (Å²) in [5, 5.41) is 31.6. The Kier molecular flexibility index (Phi) is 4.50. The number of aliphatic hydroxyl groups excluding tert-OH is 3. The first-order chi connectivity index (χ1) is 13.3. The van der Waals surface area contributed by atoms with Crippen LogP contribution in [0.25, 0.3) is 11.2 Å². The Morgan fingerprint density at radius 3 is 2.75 bits per heavy atom. The number of rotatable bonds is 4. The highest BCUT2D eigenvalue weighted by atomic mass is 16.6. The maximum absolute atomic E-state index is 11.2. The van der Waals surface area contributed by atoms with Gasteiger partial charge in [0.2, 0.25) is 0 Å². The number of allylic oxidation sites excluding steroid dienone is 3. The Labute approximate surface area is 162 Å². The molecule has 1 saturated heterocycles. The first-order valence-electron chi connectivity index (χ1n) is 9.29. The van der Waals surface area contributed by atoms with E-state index in [1.54, 1.807) is 4.57 Å². The molecule has 2 aromatic rings. The Balaban J connectivity index is 1.99. The second-order valence-corrected chi connectivity index (χ2v) is 7.80. The van der Waals surface area contributed by atoms with Gasteiger partial charge in [0.15, 0.2) is 17.2 Å². The quantitative estimate of drug-likeness (QED) is 0.594. The van der Waals surface area contributed by atoms with E-state index in [2.05, 4.69) is 21.0 Å². The van der Waals surface area contributed by atoms with Gasteiger partial charge in [0.25, 0.3) is 0 Å². The number of aliphatic hydroxyl groups is 3. The molecule has 0 spiro atoms. The SMILES string of the molecule is CC(C)(C1=CC=CCC1)[C@@]1(n2cnc3c(N)ncnc32)O[C@H](CO)[C@@H](O)[C@H]1O. The van der Waals surface area contributed by atoms with E-state index in [-0.39, 0.29) is 5.82 Å². The molecule has 5 N–H and O–H groups in total. The summed E-state index contributed by atoms with van der Waals surface area (Å²) in [6.07, 6.45) is 6.95. The van der Waals surface area contributed by atoms with Crippen LogP contribution >= 0.6 is 0 Å². The van der Waals surface area contributed by atoms with E-state index in [1.807, 2.05) is 26.0 Å². The highest BCUT2D eigenvalue weighted by Gasteiger charge is 2.64. The van der Waals surface area contributed by atoms with Crippen molar-refractivity contribution in [1.29, 1.82) is 0 Å². The van der Waals surface area contributed by atoms with Crippen LogP contribution in [0.2, 0.25) is 0 Å². The number of fused-ring (bicyclic) bond motifs is 1. The van der Waals surface area contributed by atoms with E-state index in [9.17, 15) is 15.3 Å². The molecule has 28 heavy (non-hydrogen) atoms. The molecule has 2 aromatic heterocycles. The lowest BCUT2D eigenvalue weighted by atomic mass is 9.69. The normalized spacial score (nSPS) is 30.8. The van der Waals surface area contributed by atoms with Crippen molar-refractivity contribution < 1.29 is 20.1 Å². The fourth-order valence-corrected chi connectivity index (χ4v) is 4.42. The smallest absolute Gasteiger partial charge is 0.185 e. The van der Waals surface area contributed by atoms with Crippen LogP contribution in [-0.2, 0) is 10.5 Å². The molecule has 1 aliphatic heterocycles. The van der Waals surface area contributed by atoms with E-state index in [1.165, 1.54) is 12.7 Å². The van der Waals surface area contributed by atoms with Gasteiger partial charge in [-0.2, -0.15) is 0 Å². The van der Waals surface area contributed by atoms with Crippen LogP contribution in [0.3, 0.4) is 0 Å². The molecule has 0 radical (unpaired) electrons. The zero-order valence-corrected chi connectivity index (χ0v) is 15.9. The van der Waals surface area contributed by atoms with Crippen molar-refractivity contribution >= 4 is 17.0 Å². The number of nitrogens with zero attached hydrogens (tertiary/aromatic N) is 4. The topological polar surface area (TPSA) is 140 Å². The van der Waals surface area contributed by atoms with Crippen molar-refractivity contribution in [3.05, 3.63) is 36.5 Å². The van der Waals surface area contributed by atoms with Crippen LogP contribution in [0.4, 0.5) is 5.82 Å². The van der Waals surface area contributed by atoms with Crippen molar-refractivity contribution in [2.45, 2.75) is 50.7 Å². The third-order valence-electron chi connectivity index (χ3n) is 6.05. The van der Waals surface area contributed by atoms with E-state index in [0.29, 0.717) is 11.2 Å². The van der Waals surface area contributed by atoms with Gasteiger partial charge in [-0.3, -0.25) is 4.57 Å². The molecule has 1 aliphatic carbocycles. The minimum Gasteiger partial charge on any atom is -0.394 e. The van der Waals surface area contributed by atoms with Gasteiger partial charge in [0, 0.05) is 5.41 Å². The van der Waals surface area contributed by atoms with Crippen LogP contribution in [-0.4, -0.2) is 59.8 Å². The second kappa shape index (κ2) is 6.63. The number of aromatic nitrogens is 4. The molecule has 0 aromatic carbocycles. The van der Waals surface area contributed by atoms with Crippen molar-refractivity contribution in [1.82, 2.24) is 19.5 Å². The molecule has 2 aliphatic rings. The van der Waals surface area contributed by atoms with E-state index < -0.39 is 36.1 Å². The molecule has 150 valence electrons. The van der Waals surface area contributed by atoms with Crippen LogP contribution < -0.4 is 5.73 Å². The molecule has 0 unspecified atom stereocenters. The summed E-state index contributed by atoms with van der Waals surface area (Å²) in [5.74, 6) is 0.211. The van der Waals surface area contributed by atoms with Crippen LogP contribution in [0.5, 0.6) is 0 Å². The lowest BCUT2D eigenvalue weighted by Crippen LogP contribution is -2.56. The monoisotopic (exact) mass is 387 g/mol. The van der Waals surface area contributed by atoms with Crippen LogP contribution in [0.1, 0.15) is 26.7 Å². The highest BCUT2D eigenvalue weighted by Crippen LogP contribution is 2.54. The first-order valence-corrected chi connectivity index (χ1v) is 9.29. The molecule has 4 atom stereocenters. The molecule has 9 heteroatoms. The van der Waals surface area contributed by atoms with Gasteiger partial charge in [-0.05, 0) is 12.8 Å². The number of hydrogen-bond acceptors (Lipinski definition) is 8. The number of nitrogens with two attached hydrogens (primary N) is 1. The van der Waals surface area contributed by atoms with Gasteiger partial charge in [-0.15, -0.1) is 0 Å². The summed E-state index contributed by atoms with van der Waals surface area (Å²) in [4.78, 5) is 12.6. The standard InChI is InChI=1S/C19H25N5O4/c1-18(2,11-6-4-3-5-7-11)19(15(27)14(26)12(8-25)28-19)24-10-23-13-16(20)21-9-22-17(13)24/h3-4,6,9-10,12,14-15,25-27H,5,7-8H2,1-2H3,(H2,20,21,22)/t12-,14-,15-,19+/m1/s1. The van der Waals surface area contributed by atoms with Crippen LogP contribution in [0, 0.1) is 5.41 Å². The third kappa shape index (κ3) is 2.44. The van der Waals surface area contributed by atoms with Gasteiger partial charge < -0.3 is 25.8 Å². The van der Waals surface area contributed by atoms with Gasteiger partial charge >= 0.3 is 0 Å². The molecule has 4 rings (SSSR count). The maximum Gasteiger partial charge on any atom is 0.185 e. The first kappa shape index (κ1) is 19.0. The summed E-state index contributed by atoms with van der Waals surface area (Å²) < 4.78 is 7.85. The third-order valence-corrected chi connectivity index (χ3v) is 6.05. The van der Waals surface area contributed by atoms with Gasteiger partial charge in [-0.1, -0.05) is 37.6 Å². The van der Waals surface area contributed by atoms with Crippen molar-refractivity contribution in [2.24, 2.45) is 5.41 Å². The minimum absolute atomic E-state index is 0.211. The van der Waals surface area contributed by atoms with Crippen LogP contribution in [0.15, 0.2) is 36.5 Å². The van der Waals surface area contributed by atoms with Crippen molar-refractivity contribution in [3.63, 3.8) is 0 Å². The van der Waals surface area contributed by atoms with E-state index in [4.69, 9.17) is 10.5 Å². The largest absolute Gasteiger partial charge is 0.394 e. The fourth-order valence-electron chi connectivity index (χ4n) is 4.42. The second-order valence-electron chi connectivity index (χ2n) is 7.80. The summed E-state index contributed by atoms with van der Waals surface area (Å²) in [6, 6.07) is 0. The minimum atomic E-state index is -1.45. The molecule has 0 saturated carbocycles. The van der Waals surface area contributed by atoms with Gasteiger partial charge in [0.1, 0.15) is 30.2 Å². The fraction of sp³-hybridized carbons (Fsp3) is 0.526. The van der Waals surface area contributed by atoms with E-state index >= 15 is 0 Å². The highest BCUT2D eigenvalue weighted by molar-refractivity contribution is 5.81. The molecule has 0 bridgehead atoms. The number of imidazole rings is 1. The number of hydrogen-bond donors (Lipinski definition) is 4. The average molecular weight is 387 g/mol. The average Bonchev–Trinajstić information content (AvgIpc) is 3.24. The van der Waals surface area contributed by atoms with Crippen molar-refractivity contribution in [3.8, 4) is 0 Å². The summed E-state index contributed by atoms with van der Waals surface area (Å²) in [7, 11) is 0. The molecular weight excluding hydrogens is 362 g/mol. The number of ether oxygens (including phenoxy) is 1. The molecular formula is C19H25N5O4. The number of anilines is 1. The summed E-state index contributed by atoms with van der Waals surface area (Å²) in [5.41, 5.74) is 5.53.